The molecule has 2 heterocycles. The van der Waals surface area contributed by atoms with Gasteiger partial charge in [-0.1, -0.05) is 12.1 Å². The first-order valence-electron chi connectivity index (χ1n) is 6.83. The Hall–Kier alpha value is -2.90. The Morgan fingerprint density at radius 3 is 2.91 bits per heavy atom. The fraction of sp³-hybridized carbons (Fsp3) is 0.286. The summed E-state index contributed by atoms with van der Waals surface area (Å²) in [6.07, 6.45) is 0.431. The number of oxazole rings is 1. The highest BCUT2D eigenvalue weighted by atomic mass is 16.3. The lowest BCUT2D eigenvalue weighted by molar-refractivity contribution is -0.130. The minimum Gasteiger partial charge on any atom is -0.441 e. The van der Waals surface area contributed by atoms with E-state index in [9.17, 15) is 14.4 Å². The zero-order chi connectivity index (χ0) is 15.5. The third kappa shape index (κ3) is 2.90. The molecule has 2 aromatic rings. The van der Waals surface area contributed by atoms with Crippen molar-refractivity contribution in [3.63, 3.8) is 0 Å². The monoisotopic (exact) mass is 302 g/mol. The van der Waals surface area contributed by atoms with Crippen molar-refractivity contribution >= 4 is 28.9 Å². The zero-order valence-corrected chi connectivity index (χ0v) is 11.7. The first-order chi connectivity index (χ1) is 10.6. The predicted octanol–water partition coefficient (Wildman–Crippen LogP) is 0.0383. The van der Waals surface area contributed by atoms with E-state index in [0.717, 1.165) is 10.4 Å². The van der Waals surface area contributed by atoms with Crippen LogP contribution in [0.1, 0.15) is 5.89 Å². The van der Waals surface area contributed by atoms with Crippen molar-refractivity contribution in [3.05, 3.63) is 30.2 Å². The SMILES string of the molecule is O=C(CN1C(=O)CNC1=O)NCCc1nc2ccccc2o1. The number of hydrogen-bond acceptors (Lipinski definition) is 5. The van der Waals surface area contributed by atoms with E-state index in [4.69, 9.17) is 4.42 Å². The van der Waals surface area contributed by atoms with Gasteiger partial charge in [0, 0.05) is 13.0 Å². The van der Waals surface area contributed by atoms with Gasteiger partial charge < -0.3 is 15.1 Å². The molecule has 3 rings (SSSR count). The summed E-state index contributed by atoms with van der Waals surface area (Å²) >= 11 is 0. The molecule has 4 amide bonds. The molecule has 0 saturated carbocycles. The van der Waals surface area contributed by atoms with Crippen molar-refractivity contribution in [1.29, 1.82) is 0 Å². The molecular weight excluding hydrogens is 288 g/mol. The Morgan fingerprint density at radius 2 is 2.18 bits per heavy atom. The van der Waals surface area contributed by atoms with Crippen molar-refractivity contribution in [1.82, 2.24) is 20.5 Å². The molecule has 1 fully saturated rings. The Morgan fingerprint density at radius 1 is 1.36 bits per heavy atom. The third-order valence-corrected chi connectivity index (χ3v) is 3.24. The number of nitrogens with one attached hydrogen (secondary N) is 2. The first kappa shape index (κ1) is 14.1. The maximum atomic E-state index is 11.7. The highest BCUT2D eigenvalue weighted by Gasteiger charge is 2.29. The number of rotatable bonds is 5. The molecule has 0 spiro atoms. The number of carbonyl (C=O) groups is 3. The number of aromatic nitrogens is 1. The number of imide groups is 1. The standard InChI is InChI=1S/C14H14N4O4/c19-11(8-18-13(20)7-16-14(18)21)15-6-5-12-17-9-3-1-2-4-10(9)22-12/h1-4H,5-8H2,(H,15,19)(H,16,21). The molecule has 8 nitrogen and oxygen atoms in total. The van der Waals surface area contributed by atoms with E-state index >= 15 is 0 Å². The van der Waals surface area contributed by atoms with Crippen molar-refractivity contribution in [2.45, 2.75) is 6.42 Å². The third-order valence-electron chi connectivity index (χ3n) is 3.24. The highest BCUT2D eigenvalue weighted by molar-refractivity contribution is 6.04. The number of hydrogen-bond donors (Lipinski definition) is 2. The van der Waals surface area contributed by atoms with Crippen LogP contribution in [-0.2, 0) is 16.0 Å². The van der Waals surface area contributed by atoms with Crippen molar-refractivity contribution in [2.24, 2.45) is 0 Å². The van der Waals surface area contributed by atoms with Gasteiger partial charge in [-0.25, -0.2) is 9.78 Å². The Kier molecular flexibility index (Phi) is 3.73. The maximum absolute atomic E-state index is 11.7. The average molecular weight is 302 g/mol. The number of carbonyl (C=O) groups excluding carboxylic acids is 3. The fourth-order valence-electron chi connectivity index (χ4n) is 2.15. The van der Waals surface area contributed by atoms with E-state index in [2.05, 4.69) is 15.6 Å². The highest BCUT2D eigenvalue weighted by Crippen LogP contribution is 2.14. The second-order valence-corrected chi connectivity index (χ2v) is 4.81. The van der Waals surface area contributed by atoms with Gasteiger partial charge in [-0.2, -0.15) is 0 Å². The van der Waals surface area contributed by atoms with Crippen molar-refractivity contribution in [3.8, 4) is 0 Å². The lowest BCUT2D eigenvalue weighted by Crippen LogP contribution is -2.41. The van der Waals surface area contributed by atoms with E-state index in [1.165, 1.54) is 0 Å². The smallest absolute Gasteiger partial charge is 0.325 e. The van der Waals surface area contributed by atoms with E-state index < -0.39 is 17.8 Å². The summed E-state index contributed by atoms with van der Waals surface area (Å²) < 4.78 is 5.53. The van der Waals surface area contributed by atoms with Crippen LogP contribution in [0, 0.1) is 0 Å². The van der Waals surface area contributed by atoms with E-state index in [1.807, 2.05) is 24.3 Å². The van der Waals surface area contributed by atoms with Crippen LogP contribution >= 0.6 is 0 Å². The van der Waals surface area contributed by atoms with Crippen molar-refractivity contribution < 1.29 is 18.8 Å². The molecule has 0 aliphatic carbocycles. The minimum absolute atomic E-state index is 0.0605. The molecule has 1 aliphatic rings. The number of benzene rings is 1. The van der Waals surface area contributed by atoms with Gasteiger partial charge in [0.1, 0.15) is 12.1 Å². The van der Waals surface area contributed by atoms with Gasteiger partial charge in [0.15, 0.2) is 11.5 Å². The molecule has 8 heteroatoms. The number of nitrogens with zero attached hydrogens (tertiary/aromatic N) is 2. The van der Waals surface area contributed by atoms with Crippen LogP contribution in [0.3, 0.4) is 0 Å². The van der Waals surface area contributed by atoms with Gasteiger partial charge in [-0.3, -0.25) is 14.5 Å². The largest absolute Gasteiger partial charge is 0.441 e. The molecule has 114 valence electrons. The van der Waals surface area contributed by atoms with Gasteiger partial charge in [-0.15, -0.1) is 0 Å². The Balaban J connectivity index is 1.49. The van der Waals surface area contributed by atoms with E-state index in [0.29, 0.717) is 24.4 Å². The van der Waals surface area contributed by atoms with Gasteiger partial charge in [0.05, 0.1) is 6.54 Å². The van der Waals surface area contributed by atoms with Gasteiger partial charge in [0.2, 0.25) is 5.91 Å². The number of urea groups is 1. The number of para-hydroxylation sites is 2. The summed E-state index contributed by atoms with van der Waals surface area (Å²) in [7, 11) is 0. The number of fused-ring (bicyclic) bond motifs is 1. The van der Waals surface area contributed by atoms with Crippen LogP contribution in [-0.4, -0.2) is 47.4 Å². The summed E-state index contributed by atoms with van der Waals surface area (Å²) in [6.45, 7) is -0.0252. The number of amides is 4. The van der Waals surface area contributed by atoms with Crippen molar-refractivity contribution in [2.75, 3.05) is 19.6 Å². The molecule has 0 bridgehead atoms. The molecule has 1 aromatic heterocycles. The summed E-state index contributed by atoms with van der Waals surface area (Å²) in [5, 5.41) is 4.98. The summed E-state index contributed by atoms with van der Waals surface area (Å²) in [6, 6.07) is 6.85. The van der Waals surface area contributed by atoms with Crippen LogP contribution in [0.15, 0.2) is 28.7 Å². The Labute approximate surface area is 125 Å². The molecule has 22 heavy (non-hydrogen) atoms. The summed E-state index contributed by atoms with van der Waals surface area (Å²) in [5.41, 5.74) is 1.46. The van der Waals surface area contributed by atoms with Crippen LogP contribution in [0.4, 0.5) is 4.79 Å². The second kappa shape index (κ2) is 5.84. The fourth-order valence-corrected chi connectivity index (χ4v) is 2.15. The summed E-state index contributed by atoms with van der Waals surface area (Å²) in [5.74, 6) is -0.280. The first-order valence-corrected chi connectivity index (χ1v) is 6.83. The molecule has 1 aliphatic heterocycles. The quantitative estimate of drug-likeness (QED) is 0.759. The van der Waals surface area contributed by atoms with Gasteiger partial charge >= 0.3 is 6.03 Å². The maximum Gasteiger partial charge on any atom is 0.325 e. The van der Waals surface area contributed by atoms with Crippen LogP contribution < -0.4 is 10.6 Å². The summed E-state index contributed by atoms with van der Waals surface area (Å²) in [4.78, 5) is 39.5. The lowest BCUT2D eigenvalue weighted by atomic mass is 10.3. The van der Waals surface area contributed by atoms with Gasteiger partial charge in [-0.05, 0) is 12.1 Å². The lowest BCUT2D eigenvalue weighted by Gasteiger charge is -2.11. The zero-order valence-electron chi connectivity index (χ0n) is 11.7. The van der Waals surface area contributed by atoms with E-state index in [-0.39, 0.29) is 13.1 Å². The normalized spacial score (nSPS) is 14.5. The minimum atomic E-state index is -0.542. The van der Waals surface area contributed by atoms with Crippen LogP contribution in [0.5, 0.6) is 0 Å². The molecule has 0 atom stereocenters. The second-order valence-electron chi connectivity index (χ2n) is 4.81. The van der Waals surface area contributed by atoms with Crippen LogP contribution in [0.25, 0.3) is 11.1 Å². The molecule has 1 aromatic carbocycles. The molecule has 2 N–H and O–H groups in total. The molecule has 0 unspecified atom stereocenters. The molecular formula is C14H14N4O4. The molecule has 1 saturated heterocycles. The van der Waals surface area contributed by atoms with Crippen LogP contribution in [0.2, 0.25) is 0 Å². The predicted molar refractivity (Wildman–Crippen MR) is 75.8 cm³/mol. The molecule has 0 radical (unpaired) electrons. The average Bonchev–Trinajstić information content (AvgIpc) is 3.05. The Bertz CT molecular complexity index is 690. The van der Waals surface area contributed by atoms with E-state index in [1.54, 1.807) is 0 Å². The topological polar surface area (TPSA) is 105 Å². The van der Waals surface area contributed by atoms with Gasteiger partial charge in [0.25, 0.3) is 5.91 Å².